The number of nitrogens with zero attached hydrogens (tertiary/aromatic N) is 3. The predicted molar refractivity (Wildman–Crippen MR) is 115 cm³/mol. The van der Waals surface area contributed by atoms with Crippen LogP contribution in [0.25, 0.3) is 22.2 Å². The van der Waals surface area contributed by atoms with Gasteiger partial charge in [0.25, 0.3) is 0 Å². The van der Waals surface area contributed by atoms with E-state index in [-0.39, 0.29) is 5.52 Å². The SMILES string of the molecule is NS(=O)(=O)c1cc2c(cc1F)cc1n2C(=O)N(c2ccc(-c3cc(F)ccn3)cc2)CC1. The molecule has 32 heavy (non-hydrogen) atoms. The van der Waals surface area contributed by atoms with Crippen molar-refractivity contribution in [3.8, 4) is 11.3 Å². The number of anilines is 1. The Morgan fingerprint density at radius 3 is 2.44 bits per heavy atom. The van der Waals surface area contributed by atoms with Crippen LogP contribution in [0.4, 0.5) is 19.3 Å². The van der Waals surface area contributed by atoms with Crippen molar-refractivity contribution in [2.75, 3.05) is 11.4 Å². The molecule has 162 valence electrons. The fourth-order valence-electron chi connectivity index (χ4n) is 3.95. The first-order valence-electron chi connectivity index (χ1n) is 9.63. The van der Waals surface area contributed by atoms with Gasteiger partial charge in [-0.15, -0.1) is 0 Å². The van der Waals surface area contributed by atoms with Crippen molar-refractivity contribution >= 4 is 32.6 Å². The van der Waals surface area contributed by atoms with Gasteiger partial charge in [-0.1, -0.05) is 12.1 Å². The molecular formula is C22H16F2N4O3S. The van der Waals surface area contributed by atoms with Gasteiger partial charge >= 0.3 is 6.03 Å². The highest BCUT2D eigenvalue weighted by molar-refractivity contribution is 7.89. The van der Waals surface area contributed by atoms with E-state index in [0.717, 1.165) is 12.1 Å². The zero-order chi connectivity index (χ0) is 22.6. The Kier molecular flexibility index (Phi) is 4.57. The largest absolute Gasteiger partial charge is 0.333 e. The molecule has 0 aliphatic carbocycles. The molecule has 7 nitrogen and oxygen atoms in total. The number of aromatic nitrogens is 2. The standard InChI is InChI=1S/C22H16F2N4O3S/c23-15-5-7-26-19(11-15)13-1-3-16(4-2-13)27-8-6-17-9-14-10-18(24)21(32(25,30)31)12-20(14)28(17)22(27)29/h1-5,7,9-12H,6,8H2,(H2,25,30,31). The number of halogens is 2. The molecule has 1 amide bonds. The van der Waals surface area contributed by atoms with Crippen LogP contribution in [-0.2, 0) is 16.4 Å². The summed E-state index contributed by atoms with van der Waals surface area (Å²) in [6.07, 6.45) is 1.87. The maximum absolute atomic E-state index is 14.2. The van der Waals surface area contributed by atoms with E-state index < -0.39 is 32.6 Å². The summed E-state index contributed by atoms with van der Waals surface area (Å²) in [6.45, 7) is 0.386. The van der Waals surface area contributed by atoms with Gasteiger partial charge in [0.1, 0.15) is 16.5 Å². The smallest absolute Gasteiger partial charge is 0.293 e. The molecule has 1 aliphatic rings. The minimum Gasteiger partial charge on any atom is -0.293 e. The van der Waals surface area contributed by atoms with Gasteiger partial charge < -0.3 is 0 Å². The van der Waals surface area contributed by atoms with Crippen molar-refractivity contribution in [2.24, 2.45) is 5.14 Å². The van der Waals surface area contributed by atoms with Crippen LogP contribution < -0.4 is 10.0 Å². The first-order valence-corrected chi connectivity index (χ1v) is 11.2. The number of primary sulfonamides is 1. The summed E-state index contributed by atoms with van der Waals surface area (Å²) in [6, 6.07) is 12.9. The van der Waals surface area contributed by atoms with Crippen LogP contribution >= 0.6 is 0 Å². The lowest BCUT2D eigenvalue weighted by molar-refractivity contribution is 0.246. The summed E-state index contributed by atoms with van der Waals surface area (Å²) in [5.74, 6) is -1.36. The lowest BCUT2D eigenvalue weighted by atomic mass is 10.1. The number of nitrogens with two attached hydrogens (primary N) is 1. The molecule has 5 rings (SSSR count). The van der Waals surface area contributed by atoms with Crippen molar-refractivity contribution in [2.45, 2.75) is 11.3 Å². The Balaban J connectivity index is 1.54. The second-order valence-corrected chi connectivity index (χ2v) is 8.98. The Bertz CT molecular complexity index is 1500. The number of rotatable bonds is 3. The number of amides is 1. The molecule has 0 spiro atoms. The number of fused-ring (bicyclic) bond motifs is 3. The number of hydrogen-bond donors (Lipinski definition) is 1. The van der Waals surface area contributed by atoms with Crippen molar-refractivity contribution in [3.05, 3.63) is 78.1 Å². The monoisotopic (exact) mass is 454 g/mol. The third-order valence-corrected chi connectivity index (χ3v) is 6.37. The fourth-order valence-corrected chi connectivity index (χ4v) is 4.56. The fraction of sp³-hybridized carbons (Fsp3) is 0.0909. The molecule has 2 aromatic heterocycles. The van der Waals surface area contributed by atoms with Crippen LogP contribution in [-0.4, -0.2) is 30.5 Å². The average Bonchev–Trinajstić information content (AvgIpc) is 3.11. The summed E-state index contributed by atoms with van der Waals surface area (Å²) in [4.78, 5) is 18.3. The van der Waals surface area contributed by atoms with Gasteiger partial charge in [-0.3, -0.25) is 14.5 Å². The highest BCUT2D eigenvalue weighted by Gasteiger charge is 2.28. The van der Waals surface area contributed by atoms with Crippen molar-refractivity contribution < 1.29 is 22.0 Å². The molecule has 0 saturated carbocycles. The van der Waals surface area contributed by atoms with Gasteiger partial charge in [0.05, 0.1) is 11.2 Å². The van der Waals surface area contributed by atoms with Gasteiger partial charge in [-0.2, -0.15) is 0 Å². The molecule has 1 aliphatic heterocycles. The molecule has 3 heterocycles. The minimum absolute atomic E-state index is 0.265. The molecule has 0 fully saturated rings. The molecule has 2 aromatic carbocycles. The third kappa shape index (κ3) is 3.33. The number of carbonyl (C=O) groups is 1. The molecule has 0 unspecified atom stereocenters. The zero-order valence-electron chi connectivity index (χ0n) is 16.5. The summed E-state index contributed by atoms with van der Waals surface area (Å²) < 4.78 is 52.5. The van der Waals surface area contributed by atoms with Gasteiger partial charge in [-0.25, -0.2) is 27.1 Å². The number of benzene rings is 2. The second-order valence-electron chi connectivity index (χ2n) is 7.45. The van der Waals surface area contributed by atoms with Crippen LogP contribution in [0.2, 0.25) is 0 Å². The molecule has 0 saturated heterocycles. The lowest BCUT2D eigenvalue weighted by Crippen LogP contribution is -2.41. The van der Waals surface area contributed by atoms with E-state index in [2.05, 4.69) is 4.98 Å². The lowest BCUT2D eigenvalue weighted by Gasteiger charge is -2.29. The maximum Gasteiger partial charge on any atom is 0.333 e. The molecule has 4 aromatic rings. The van der Waals surface area contributed by atoms with E-state index in [0.29, 0.717) is 41.0 Å². The van der Waals surface area contributed by atoms with E-state index in [9.17, 15) is 22.0 Å². The second kappa shape index (κ2) is 7.21. The van der Waals surface area contributed by atoms with E-state index in [1.165, 1.54) is 27.8 Å². The van der Waals surface area contributed by atoms with Gasteiger partial charge in [0.15, 0.2) is 0 Å². The van der Waals surface area contributed by atoms with Gasteiger partial charge in [0, 0.05) is 47.6 Å². The first-order chi connectivity index (χ1) is 15.2. The average molecular weight is 454 g/mol. The molecule has 0 radical (unpaired) electrons. The molecule has 0 atom stereocenters. The maximum atomic E-state index is 14.2. The van der Waals surface area contributed by atoms with Crippen LogP contribution in [0.3, 0.4) is 0 Å². The molecule has 10 heteroatoms. The van der Waals surface area contributed by atoms with Gasteiger partial charge in [-0.05, 0) is 36.4 Å². The normalized spacial score (nSPS) is 14.1. The van der Waals surface area contributed by atoms with Crippen molar-refractivity contribution in [1.82, 2.24) is 9.55 Å². The third-order valence-electron chi connectivity index (χ3n) is 5.45. The van der Waals surface area contributed by atoms with Crippen molar-refractivity contribution in [1.29, 1.82) is 0 Å². The van der Waals surface area contributed by atoms with Gasteiger partial charge in [0.2, 0.25) is 10.0 Å². The molecule has 0 bridgehead atoms. The summed E-state index contributed by atoms with van der Waals surface area (Å²) in [5, 5.41) is 5.53. The zero-order valence-corrected chi connectivity index (χ0v) is 17.3. The number of carbonyl (C=O) groups excluding carboxylic acids is 1. The van der Waals surface area contributed by atoms with E-state index in [1.807, 2.05) is 0 Å². The summed E-state index contributed by atoms with van der Waals surface area (Å²) >= 11 is 0. The highest BCUT2D eigenvalue weighted by atomic mass is 32.2. The first kappa shape index (κ1) is 20.3. The number of pyridine rings is 1. The van der Waals surface area contributed by atoms with Crippen LogP contribution in [0.1, 0.15) is 5.69 Å². The number of sulfonamides is 1. The van der Waals surface area contributed by atoms with E-state index >= 15 is 0 Å². The Labute approximate surface area is 181 Å². The Morgan fingerprint density at radius 2 is 1.75 bits per heavy atom. The van der Waals surface area contributed by atoms with Crippen LogP contribution in [0.15, 0.2) is 65.7 Å². The predicted octanol–water partition coefficient (Wildman–Crippen LogP) is 3.66. The topological polar surface area (TPSA) is 98.3 Å². The quantitative estimate of drug-likeness (QED) is 0.511. The van der Waals surface area contributed by atoms with E-state index in [1.54, 1.807) is 30.3 Å². The Hall–Kier alpha value is -3.63. The minimum atomic E-state index is -4.29. The summed E-state index contributed by atoms with van der Waals surface area (Å²) in [7, 11) is -4.29. The number of hydrogen-bond acceptors (Lipinski definition) is 4. The summed E-state index contributed by atoms with van der Waals surface area (Å²) in [5.41, 5.74) is 2.68. The van der Waals surface area contributed by atoms with Crippen LogP contribution in [0.5, 0.6) is 0 Å². The van der Waals surface area contributed by atoms with Crippen molar-refractivity contribution in [3.63, 3.8) is 0 Å². The highest BCUT2D eigenvalue weighted by Crippen LogP contribution is 2.31. The van der Waals surface area contributed by atoms with Crippen LogP contribution in [0, 0.1) is 11.6 Å². The van der Waals surface area contributed by atoms with E-state index in [4.69, 9.17) is 5.14 Å². The molecule has 2 N–H and O–H groups in total. The Morgan fingerprint density at radius 1 is 1.00 bits per heavy atom. The molecular weight excluding hydrogens is 438 g/mol.